The number of nitrogens with zero attached hydrogens (tertiary/aromatic N) is 1. The molecule has 0 fully saturated rings. The van der Waals surface area contributed by atoms with E-state index in [4.69, 9.17) is 14.2 Å². The van der Waals surface area contributed by atoms with Crippen LogP contribution >= 0.6 is 0 Å². The smallest absolute Gasteiger partial charge is 0.336 e. The minimum atomic E-state index is -0.505. The molecule has 43 heavy (non-hydrogen) atoms. The molecule has 0 saturated heterocycles. The quantitative estimate of drug-likeness (QED) is 0.0326. The Morgan fingerprint density at radius 1 is 0.744 bits per heavy atom. The van der Waals surface area contributed by atoms with Crippen LogP contribution in [0.1, 0.15) is 89.5 Å². The van der Waals surface area contributed by atoms with Crippen LogP contribution in [0.4, 0.5) is 5.69 Å². The first kappa shape index (κ1) is 33.4. The molecule has 0 radical (unpaired) electrons. The molecule has 3 aromatic rings. The molecule has 7 heteroatoms. The summed E-state index contributed by atoms with van der Waals surface area (Å²) in [6, 6.07) is 18.8. The third kappa shape index (κ3) is 12.3. The molecule has 0 aromatic heterocycles. The second-order valence-electron chi connectivity index (χ2n) is 10.7. The number of non-ortho nitro benzene ring substituents is 1. The van der Waals surface area contributed by atoms with Gasteiger partial charge in [-0.05, 0) is 65.6 Å². The molecule has 0 bridgehead atoms. The van der Waals surface area contributed by atoms with Gasteiger partial charge >= 0.3 is 5.97 Å². The standard InChI is InChI=1S/C36H45NO6/c1-3-4-5-6-7-8-9-10-11-12-13-14-27-42-34-25-15-29(28-35(34)41-2)16-26-36(38)43-33-23-19-31(20-24-33)30-17-21-32(22-18-30)37(39)40/h15-26,28H,3-14,27H2,1-2H3/b26-16+. The third-order valence-electron chi connectivity index (χ3n) is 7.34. The van der Waals surface area contributed by atoms with Gasteiger partial charge in [0.2, 0.25) is 0 Å². The highest BCUT2D eigenvalue weighted by atomic mass is 16.6. The lowest BCUT2D eigenvalue weighted by atomic mass is 10.1. The van der Waals surface area contributed by atoms with E-state index in [1.54, 1.807) is 49.6 Å². The van der Waals surface area contributed by atoms with E-state index in [1.807, 2.05) is 18.2 Å². The number of unbranched alkanes of at least 4 members (excludes halogenated alkanes) is 11. The van der Waals surface area contributed by atoms with Gasteiger partial charge in [-0.2, -0.15) is 0 Å². The van der Waals surface area contributed by atoms with Gasteiger partial charge in [0.25, 0.3) is 5.69 Å². The summed E-state index contributed by atoms with van der Waals surface area (Å²) in [6.45, 7) is 2.91. The molecule has 0 spiro atoms. The van der Waals surface area contributed by atoms with Crippen molar-refractivity contribution in [2.24, 2.45) is 0 Å². The topological polar surface area (TPSA) is 87.9 Å². The average molecular weight is 588 g/mol. The molecule has 0 aliphatic rings. The van der Waals surface area contributed by atoms with Crippen LogP contribution in [0.5, 0.6) is 17.2 Å². The largest absolute Gasteiger partial charge is 0.493 e. The maximum Gasteiger partial charge on any atom is 0.336 e. The van der Waals surface area contributed by atoms with Crippen LogP contribution in [-0.4, -0.2) is 24.6 Å². The zero-order valence-electron chi connectivity index (χ0n) is 25.6. The van der Waals surface area contributed by atoms with Gasteiger partial charge in [-0.3, -0.25) is 10.1 Å². The first-order chi connectivity index (χ1) is 21.0. The Labute approximate surface area is 256 Å². The first-order valence-corrected chi connectivity index (χ1v) is 15.6. The number of esters is 1. The highest BCUT2D eigenvalue weighted by molar-refractivity contribution is 5.89. The van der Waals surface area contributed by atoms with E-state index in [2.05, 4.69) is 6.92 Å². The zero-order chi connectivity index (χ0) is 30.7. The normalized spacial score (nSPS) is 11.0. The summed E-state index contributed by atoms with van der Waals surface area (Å²) in [4.78, 5) is 22.8. The van der Waals surface area contributed by atoms with Gasteiger partial charge in [-0.15, -0.1) is 0 Å². The molecule has 0 saturated carbocycles. The van der Waals surface area contributed by atoms with Gasteiger partial charge in [0.1, 0.15) is 5.75 Å². The number of hydrogen-bond donors (Lipinski definition) is 0. The predicted molar refractivity (Wildman–Crippen MR) is 173 cm³/mol. The maximum absolute atomic E-state index is 12.4. The van der Waals surface area contributed by atoms with Crippen LogP contribution in [0, 0.1) is 10.1 Å². The molecule has 0 atom stereocenters. The minimum Gasteiger partial charge on any atom is -0.493 e. The van der Waals surface area contributed by atoms with Crippen LogP contribution in [-0.2, 0) is 4.79 Å². The highest BCUT2D eigenvalue weighted by Crippen LogP contribution is 2.29. The Morgan fingerprint density at radius 2 is 1.30 bits per heavy atom. The lowest BCUT2D eigenvalue weighted by Gasteiger charge is -2.11. The van der Waals surface area contributed by atoms with Crippen molar-refractivity contribution in [2.75, 3.05) is 13.7 Å². The monoisotopic (exact) mass is 587 g/mol. The molecule has 0 amide bonds. The first-order valence-electron chi connectivity index (χ1n) is 15.6. The van der Waals surface area contributed by atoms with Crippen molar-refractivity contribution in [3.8, 4) is 28.4 Å². The summed E-state index contributed by atoms with van der Waals surface area (Å²) < 4.78 is 16.9. The molecule has 7 nitrogen and oxygen atoms in total. The summed E-state index contributed by atoms with van der Waals surface area (Å²) in [5.74, 6) is 1.21. The van der Waals surface area contributed by atoms with E-state index >= 15 is 0 Å². The van der Waals surface area contributed by atoms with Crippen LogP contribution < -0.4 is 14.2 Å². The van der Waals surface area contributed by atoms with Crippen LogP contribution in [0.15, 0.2) is 72.8 Å². The van der Waals surface area contributed by atoms with E-state index in [-0.39, 0.29) is 5.69 Å². The number of nitro benzene ring substituents is 1. The Bertz CT molecular complexity index is 1280. The van der Waals surface area contributed by atoms with Gasteiger partial charge in [0.05, 0.1) is 18.6 Å². The maximum atomic E-state index is 12.4. The fourth-order valence-corrected chi connectivity index (χ4v) is 4.84. The molecule has 0 aliphatic heterocycles. The number of carbonyl (C=O) groups is 1. The number of carbonyl (C=O) groups excluding carboxylic acids is 1. The molecule has 230 valence electrons. The molecule has 3 rings (SSSR count). The summed E-state index contributed by atoms with van der Waals surface area (Å²) >= 11 is 0. The van der Waals surface area contributed by atoms with Gasteiger partial charge in [-0.25, -0.2) is 4.79 Å². The number of nitro groups is 1. The third-order valence-corrected chi connectivity index (χ3v) is 7.34. The Balaban J connectivity index is 1.36. The molecule has 0 heterocycles. The zero-order valence-corrected chi connectivity index (χ0v) is 25.6. The van der Waals surface area contributed by atoms with Crippen molar-refractivity contribution < 1.29 is 23.9 Å². The second-order valence-corrected chi connectivity index (χ2v) is 10.7. The molecule has 0 unspecified atom stereocenters. The molecule has 0 N–H and O–H groups in total. The van der Waals surface area contributed by atoms with Crippen LogP contribution in [0.25, 0.3) is 17.2 Å². The van der Waals surface area contributed by atoms with E-state index in [1.165, 1.54) is 88.8 Å². The Morgan fingerprint density at radius 3 is 1.86 bits per heavy atom. The Hall–Kier alpha value is -4.13. The van der Waals surface area contributed by atoms with Gasteiger partial charge in [0.15, 0.2) is 11.5 Å². The molecular formula is C36H45NO6. The van der Waals surface area contributed by atoms with Crippen molar-refractivity contribution in [3.63, 3.8) is 0 Å². The van der Waals surface area contributed by atoms with Crippen LogP contribution in [0.2, 0.25) is 0 Å². The van der Waals surface area contributed by atoms with Crippen LogP contribution in [0.3, 0.4) is 0 Å². The lowest BCUT2D eigenvalue weighted by Crippen LogP contribution is -2.03. The predicted octanol–water partition coefficient (Wildman–Crippen LogP) is 9.97. The van der Waals surface area contributed by atoms with Crippen molar-refractivity contribution >= 4 is 17.7 Å². The van der Waals surface area contributed by atoms with E-state index < -0.39 is 10.9 Å². The molecular weight excluding hydrogens is 542 g/mol. The number of methoxy groups -OCH3 is 1. The van der Waals surface area contributed by atoms with E-state index in [0.717, 1.165) is 23.1 Å². The molecule has 3 aromatic carbocycles. The van der Waals surface area contributed by atoms with Gasteiger partial charge in [-0.1, -0.05) is 95.8 Å². The SMILES string of the molecule is CCCCCCCCCCCCCCOc1ccc(/C=C/C(=O)Oc2ccc(-c3ccc([N+](=O)[O-])cc3)cc2)cc1OC. The number of hydrogen-bond acceptors (Lipinski definition) is 6. The summed E-state index contributed by atoms with van der Waals surface area (Å²) in [6.07, 6.45) is 18.7. The van der Waals surface area contributed by atoms with Gasteiger partial charge < -0.3 is 14.2 Å². The number of ether oxygens (including phenoxy) is 3. The second kappa shape index (κ2) is 19.1. The van der Waals surface area contributed by atoms with Crippen molar-refractivity contribution in [3.05, 3.63) is 88.5 Å². The molecule has 0 aliphatic carbocycles. The number of rotatable bonds is 20. The van der Waals surface area contributed by atoms with E-state index in [0.29, 0.717) is 23.9 Å². The van der Waals surface area contributed by atoms with Gasteiger partial charge in [0, 0.05) is 18.2 Å². The van der Waals surface area contributed by atoms with Crippen molar-refractivity contribution in [2.45, 2.75) is 84.0 Å². The van der Waals surface area contributed by atoms with E-state index in [9.17, 15) is 14.9 Å². The van der Waals surface area contributed by atoms with Crippen molar-refractivity contribution in [1.82, 2.24) is 0 Å². The summed E-state index contributed by atoms with van der Waals surface area (Å²) in [5.41, 5.74) is 2.52. The Kier molecular flexibility index (Phi) is 14.9. The number of benzene rings is 3. The summed E-state index contributed by atoms with van der Waals surface area (Å²) in [5, 5.41) is 10.8. The minimum absolute atomic E-state index is 0.0377. The van der Waals surface area contributed by atoms with Crippen molar-refractivity contribution in [1.29, 1.82) is 0 Å². The fraction of sp³-hybridized carbons (Fsp3) is 0.417. The fourth-order valence-electron chi connectivity index (χ4n) is 4.84. The lowest BCUT2D eigenvalue weighted by molar-refractivity contribution is -0.384. The summed E-state index contributed by atoms with van der Waals surface area (Å²) in [7, 11) is 1.61. The highest BCUT2D eigenvalue weighted by Gasteiger charge is 2.08. The average Bonchev–Trinajstić information content (AvgIpc) is 3.03.